The number of allylic oxidation sites excluding steroid dienone is 1. The molecule has 5 rings (SSSR count). The smallest absolute Gasteiger partial charge is 0.407 e. The number of amides is 1. The molecule has 1 N–H and O–H groups in total. The number of benzene rings is 1. The topological polar surface area (TPSA) is 77.5 Å². The van der Waals surface area contributed by atoms with Crippen LogP contribution in [0, 0.1) is 35.4 Å². The lowest BCUT2D eigenvalue weighted by Gasteiger charge is -2.47. The van der Waals surface area contributed by atoms with E-state index in [1.807, 2.05) is 31.2 Å². The molecule has 3 aliphatic rings. The van der Waals surface area contributed by atoms with Crippen molar-refractivity contribution in [3.8, 4) is 11.1 Å². The van der Waals surface area contributed by atoms with E-state index >= 15 is 0 Å². The highest BCUT2D eigenvalue weighted by Crippen LogP contribution is 2.53. The molecule has 0 radical (unpaired) electrons. The van der Waals surface area contributed by atoms with E-state index in [2.05, 4.69) is 16.4 Å². The van der Waals surface area contributed by atoms with Crippen LogP contribution in [0.3, 0.4) is 0 Å². The molecule has 6 nitrogen and oxygen atoms in total. The van der Waals surface area contributed by atoms with Crippen molar-refractivity contribution >= 4 is 18.1 Å². The van der Waals surface area contributed by atoms with Crippen molar-refractivity contribution in [3.63, 3.8) is 0 Å². The molecule has 1 aromatic carbocycles. The second-order valence-corrected chi connectivity index (χ2v) is 10.3. The summed E-state index contributed by atoms with van der Waals surface area (Å²) in [7, 11) is 0. The van der Waals surface area contributed by atoms with Crippen LogP contribution in [-0.4, -0.2) is 35.8 Å². The van der Waals surface area contributed by atoms with Crippen LogP contribution in [-0.2, 0) is 14.3 Å². The Hall–Kier alpha value is -3.22. The molecular weight excluding hydrogens is 459 g/mol. The van der Waals surface area contributed by atoms with E-state index in [-0.39, 0.29) is 47.8 Å². The number of pyridine rings is 1. The van der Waals surface area contributed by atoms with Gasteiger partial charge in [0.25, 0.3) is 0 Å². The Morgan fingerprint density at radius 2 is 2.08 bits per heavy atom. The molecule has 2 aromatic rings. The Kier molecular flexibility index (Phi) is 7.08. The molecule has 3 fully saturated rings. The van der Waals surface area contributed by atoms with Gasteiger partial charge in [0.1, 0.15) is 11.9 Å². The van der Waals surface area contributed by atoms with Gasteiger partial charge < -0.3 is 14.8 Å². The molecule has 2 aliphatic carbocycles. The number of fused-ring (bicyclic) bond motifs is 2. The number of aromatic nitrogens is 1. The number of hydrogen-bond donors (Lipinski definition) is 1. The Bertz CT molecular complexity index is 1130. The third-order valence-electron chi connectivity index (χ3n) is 8.18. The second kappa shape index (κ2) is 10.4. The third-order valence-corrected chi connectivity index (χ3v) is 8.18. The Morgan fingerprint density at radius 3 is 2.83 bits per heavy atom. The maximum atomic E-state index is 13.6. The molecule has 190 valence electrons. The zero-order chi connectivity index (χ0) is 25.2. The molecule has 0 bridgehead atoms. The number of carbonyl (C=O) groups excluding carboxylic acids is 2. The van der Waals surface area contributed by atoms with Crippen LogP contribution in [0.2, 0.25) is 0 Å². The van der Waals surface area contributed by atoms with Gasteiger partial charge in [-0.1, -0.05) is 24.3 Å². The maximum Gasteiger partial charge on any atom is 0.407 e. The molecule has 0 unspecified atom stereocenters. The van der Waals surface area contributed by atoms with Gasteiger partial charge in [0.15, 0.2) is 0 Å². The minimum Gasteiger partial charge on any atom is -0.462 e. The van der Waals surface area contributed by atoms with Gasteiger partial charge in [-0.3, -0.25) is 9.78 Å². The fraction of sp³-hybridized carbons (Fsp3) is 0.483. The highest BCUT2D eigenvalue weighted by atomic mass is 19.1. The zero-order valence-corrected chi connectivity index (χ0v) is 20.7. The molecule has 1 saturated heterocycles. The number of nitrogens with one attached hydrogen (secondary N) is 1. The fourth-order valence-electron chi connectivity index (χ4n) is 6.64. The number of cyclic esters (lactones) is 1. The maximum absolute atomic E-state index is 13.6. The Balaban J connectivity index is 1.34. The first-order chi connectivity index (χ1) is 17.4. The van der Waals surface area contributed by atoms with E-state index in [1.165, 1.54) is 12.1 Å². The molecular formula is C29H33FN2O4. The summed E-state index contributed by atoms with van der Waals surface area (Å²) in [6, 6.07) is 10.4. The summed E-state index contributed by atoms with van der Waals surface area (Å²) in [6.45, 7) is 4.15. The zero-order valence-electron chi connectivity index (χ0n) is 20.7. The summed E-state index contributed by atoms with van der Waals surface area (Å²) in [6.07, 6.45) is 9.07. The predicted molar refractivity (Wildman–Crippen MR) is 134 cm³/mol. The molecule has 1 aliphatic heterocycles. The van der Waals surface area contributed by atoms with Crippen LogP contribution in [0.1, 0.15) is 45.2 Å². The minimum absolute atomic E-state index is 0.0679. The Morgan fingerprint density at radius 1 is 1.22 bits per heavy atom. The SMILES string of the molecule is CCOC(=O)N[C@@H]1CC[C@@H]2[C@H](C1)C[C@H]1C(=O)O[C@@H](C)[C@@H]1[C@H]2/C=C/c1ccc(-c2cccc(F)c2)cn1. The van der Waals surface area contributed by atoms with Crippen LogP contribution in [0.15, 0.2) is 48.7 Å². The standard InChI is InChI=1S/C29H33FN2O4/c1-3-35-29(34)32-23-10-11-24-20(14-23)15-26-27(17(2)36-28(26)33)25(24)12-9-22-8-7-19(16-31-22)18-5-4-6-21(30)13-18/h4-9,12-13,16-17,20,23-27H,3,10-11,14-15H2,1-2H3,(H,32,34)/b12-9+/t17-,20+,23+,24+,25-,26+,27+/m0/s1. The number of ether oxygens (including phenoxy) is 2. The van der Waals surface area contributed by atoms with Crippen molar-refractivity contribution in [1.82, 2.24) is 10.3 Å². The van der Waals surface area contributed by atoms with Gasteiger partial charge in [-0.15, -0.1) is 0 Å². The number of rotatable bonds is 5. The molecule has 2 heterocycles. The summed E-state index contributed by atoms with van der Waals surface area (Å²) in [5, 5.41) is 3.00. The molecule has 0 spiro atoms. The van der Waals surface area contributed by atoms with Crippen molar-refractivity contribution in [2.75, 3.05) is 6.61 Å². The third kappa shape index (κ3) is 5.01. The van der Waals surface area contributed by atoms with E-state index in [9.17, 15) is 14.0 Å². The highest BCUT2D eigenvalue weighted by molar-refractivity contribution is 5.75. The number of alkyl carbamates (subject to hydrolysis) is 1. The van der Waals surface area contributed by atoms with Gasteiger partial charge in [-0.25, -0.2) is 9.18 Å². The van der Waals surface area contributed by atoms with E-state index in [4.69, 9.17) is 9.47 Å². The largest absolute Gasteiger partial charge is 0.462 e. The fourth-order valence-corrected chi connectivity index (χ4v) is 6.64. The summed E-state index contributed by atoms with van der Waals surface area (Å²) in [5.74, 6) is 0.629. The summed E-state index contributed by atoms with van der Waals surface area (Å²) >= 11 is 0. The van der Waals surface area contributed by atoms with Crippen molar-refractivity contribution in [3.05, 3.63) is 60.2 Å². The van der Waals surface area contributed by atoms with Crippen LogP contribution in [0.25, 0.3) is 17.2 Å². The first-order valence-corrected chi connectivity index (χ1v) is 13.0. The lowest BCUT2D eigenvalue weighted by molar-refractivity contribution is -0.144. The normalized spacial score (nSPS) is 31.4. The second-order valence-electron chi connectivity index (χ2n) is 10.3. The molecule has 7 heteroatoms. The van der Waals surface area contributed by atoms with Crippen molar-refractivity contribution < 1.29 is 23.5 Å². The first-order valence-electron chi connectivity index (χ1n) is 13.0. The van der Waals surface area contributed by atoms with Gasteiger partial charge in [-0.05, 0) is 87.1 Å². The first kappa shape index (κ1) is 24.5. The molecule has 2 saturated carbocycles. The molecule has 1 amide bonds. The van der Waals surface area contributed by atoms with E-state index in [0.717, 1.165) is 42.5 Å². The van der Waals surface area contributed by atoms with Gasteiger partial charge in [0.2, 0.25) is 0 Å². The number of carbonyl (C=O) groups is 2. The summed E-state index contributed by atoms with van der Waals surface area (Å²) in [5.41, 5.74) is 2.48. The Labute approximate surface area is 211 Å². The number of esters is 1. The molecule has 7 atom stereocenters. The molecule has 36 heavy (non-hydrogen) atoms. The minimum atomic E-state index is -0.368. The van der Waals surface area contributed by atoms with Crippen molar-refractivity contribution in [2.45, 2.75) is 51.7 Å². The highest BCUT2D eigenvalue weighted by Gasteiger charge is 2.54. The monoisotopic (exact) mass is 492 g/mol. The summed E-state index contributed by atoms with van der Waals surface area (Å²) < 4.78 is 24.3. The van der Waals surface area contributed by atoms with Crippen molar-refractivity contribution in [1.29, 1.82) is 0 Å². The van der Waals surface area contributed by atoms with Crippen LogP contribution >= 0.6 is 0 Å². The summed E-state index contributed by atoms with van der Waals surface area (Å²) in [4.78, 5) is 29.2. The van der Waals surface area contributed by atoms with Gasteiger partial charge in [-0.2, -0.15) is 0 Å². The van der Waals surface area contributed by atoms with Crippen LogP contribution in [0.4, 0.5) is 9.18 Å². The van der Waals surface area contributed by atoms with Crippen molar-refractivity contribution in [2.24, 2.45) is 29.6 Å². The lowest BCUT2D eigenvalue weighted by Crippen LogP contribution is -2.48. The van der Waals surface area contributed by atoms with E-state index in [1.54, 1.807) is 19.2 Å². The number of hydrogen-bond acceptors (Lipinski definition) is 5. The average molecular weight is 493 g/mol. The van der Waals surface area contributed by atoms with E-state index in [0.29, 0.717) is 18.4 Å². The van der Waals surface area contributed by atoms with Crippen LogP contribution in [0.5, 0.6) is 0 Å². The van der Waals surface area contributed by atoms with Gasteiger partial charge in [0.05, 0.1) is 18.2 Å². The average Bonchev–Trinajstić information content (AvgIpc) is 3.15. The molecule has 1 aromatic heterocycles. The number of nitrogens with zero attached hydrogens (tertiary/aromatic N) is 1. The quantitative estimate of drug-likeness (QED) is 0.548. The van der Waals surface area contributed by atoms with Gasteiger partial charge in [0, 0.05) is 23.7 Å². The number of halogens is 1. The van der Waals surface area contributed by atoms with Crippen LogP contribution < -0.4 is 5.32 Å². The lowest BCUT2D eigenvalue weighted by atomic mass is 9.57. The van der Waals surface area contributed by atoms with Gasteiger partial charge >= 0.3 is 12.1 Å². The predicted octanol–water partition coefficient (Wildman–Crippen LogP) is 5.63. The van der Waals surface area contributed by atoms with E-state index < -0.39 is 0 Å².